The minimum atomic E-state index is -3.59. The second-order valence-electron chi connectivity index (χ2n) is 9.35. The van der Waals surface area contributed by atoms with Crippen molar-refractivity contribution in [3.05, 3.63) is 59.2 Å². The van der Waals surface area contributed by atoms with Gasteiger partial charge < -0.3 is 9.64 Å². The molecule has 0 saturated carbocycles. The summed E-state index contributed by atoms with van der Waals surface area (Å²) in [6.07, 6.45) is 5.77. The number of rotatable bonds is 5. The highest BCUT2D eigenvalue weighted by Gasteiger charge is 2.34. The monoisotopic (exact) mass is 482 g/mol. The molecule has 2 aromatic carbocycles. The van der Waals surface area contributed by atoms with Crippen LogP contribution in [0.2, 0.25) is 0 Å². The predicted molar refractivity (Wildman–Crippen MR) is 128 cm³/mol. The largest absolute Gasteiger partial charge is 0.455 e. The van der Waals surface area contributed by atoms with E-state index in [9.17, 15) is 18.0 Å². The van der Waals surface area contributed by atoms with E-state index in [-0.39, 0.29) is 25.6 Å². The van der Waals surface area contributed by atoms with Gasteiger partial charge in [0.25, 0.3) is 5.91 Å². The summed E-state index contributed by atoms with van der Waals surface area (Å²) in [6, 6.07) is 13.2. The van der Waals surface area contributed by atoms with Crippen molar-refractivity contribution in [1.29, 1.82) is 0 Å². The molecule has 0 bridgehead atoms. The molecule has 0 N–H and O–H groups in total. The third-order valence-electron chi connectivity index (χ3n) is 7.27. The minimum Gasteiger partial charge on any atom is -0.455 e. The Balaban J connectivity index is 1.14. The fourth-order valence-corrected chi connectivity index (χ4v) is 6.80. The summed E-state index contributed by atoms with van der Waals surface area (Å²) in [7, 11) is -3.59. The van der Waals surface area contributed by atoms with Gasteiger partial charge in [-0.3, -0.25) is 9.59 Å². The van der Waals surface area contributed by atoms with E-state index in [2.05, 4.69) is 0 Å². The third kappa shape index (κ3) is 4.49. The number of hydrogen-bond acceptors (Lipinski definition) is 5. The van der Waals surface area contributed by atoms with Crippen LogP contribution in [-0.4, -0.2) is 50.8 Å². The maximum absolute atomic E-state index is 13.2. The second-order valence-corrected chi connectivity index (χ2v) is 11.3. The predicted octanol–water partition coefficient (Wildman–Crippen LogP) is 3.10. The summed E-state index contributed by atoms with van der Waals surface area (Å²) >= 11 is 0. The molecule has 2 aromatic rings. The zero-order valence-electron chi connectivity index (χ0n) is 19.2. The lowest BCUT2D eigenvalue weighted by molar-refractivity contribution is -0.153. The summed E-state index contributed by atoms with van der Waals surface area (Å²) in [5, 5.41) is 0. The van der Waals surface area contributed by atoms with Gasteiger partial charge in [-0.2, -0.15) is 4.31 Å². The molecule has 2 aliphatic heterocycles. The van der Waals surface area contributed by atoms with Gasteiger partial charge in [-0.25, -0.2) is 8.42 Å². The molecular weight excluding hydrogens is 452 g/mol. The van der Waals surface area contributed by atoms with Gasteiger partial charge in [0.05, 0.1) is 10.8 Å². The van der Waals surface area contributed by atoms with Crippen molar-refractivity contribution >= 4 is 27.6 Å². The molecule has 2 heterocycles. The maximum Gasteiger partial charge on any atom is 0.309 e. The van der Waals surface area contributed by atoms with Crippen LogP contribution in [0.1, 0.15) is 42.4 Å². The molecule has 1 saturated heterocycles. The number of benzene rings is 2. The number of carbonyl (C=O) groups excluding carboxylic acids is 2. The quantitative estimate of drug-likeness (QED) is 0.612. The lowest BCUT2D eigenvalue weighted by Gasteiger charge is -2.30. The normalized spacial score (nSPS) is 18.9. The highest BCUT2D eigenvalue weighted by Crippen LogP contribution is 2.29. The molecule has 0 unspecified atom stereocenters. The van der Waals surface area contributed by atoms with Crippen molar-refractivity contribution in [2.75, 3.05) is 31.1 Å². The molecule has 0 atom stereocenters. The summed E-state index contributed by atoms with van der Waals surface area (Å²) in [4.78, 5) is 27.2. The molecule has 180 valence electrons. The lowest BCUT2D eigenvalue weighted by Crippen LogP contribution is -2.41. The first-order chi connectivity index (χ1) is 16.4. The number of ether oxygens (including phenoxy) is 1. The van der Waals surface area contributed by atoms with Crippen LogP contribution in [-0.2, 0) is 43.6 Å². The molecule has 1 amide bonds. The number of anilines is 1. The number of para-hydroxylation sites is 1. The van der Waals surface area contributed by atoms with Crippen molar-refractivity contribution in [2.45, 2.75) is 49.8 Å². The Morgan fingerprint density at radius 2 is 1.62 bits per heavy atom. The fraction of sp³-hybridized carbons (Fsp3) is 0.462. The summed E-state index contributed by atoms with van der Waals surface area (Å²) < 4.78 is 33.1. The number of amides is 1. The number of piperidine rings is 1. The standard InChI is InChI=1S/C26H30N2O5S/c29-25(28-16-13-20-6-3-4-8-24(20)28)18-33-26(30)21-11-14-27(15-12-21)34(31,32)23-10-9-19-5-1-2-7-22(19)17-23/h3-4,6,8-10,17,21H,1-2,5,7,11-16,18H2. The van der Waals surface area contributed by atoms with Gasteiger partial charge >= 0.3 is 5.97 Å². The number of nitrogens with zero attached hydrogens (tertiary/aromatic N) is 2. The van der Waals surface area contributed by atoms with Gasteiger partial charge in [0, 0.05) is 25.3 Å². The maximum atomic E-state index is 13.2. The second kappa shape index (κ2) is 9.50. The van der Waals surface area contributed by atoms with E-state index in [0.29, 0.717) is 24.3 Å². The average molecular weight is 483 g/mol. The van der Waals surface area contributed by atoms with Crippen LogP contribution >= 0.6 is 0 Å². The Kier molecular flexibility index (Phi) is 6.44. The Hall–Kier alpha value is -2.71. The zero-order valence-corrected chi connectivity index (χ0v) is 20.1. The van der Waals surface area contributed by atoms with Crippen LogP contribution in [0.15, 0.2) is 47.4 Å². The Bertz CT molecular complexity index is 1200. The molecule has 8 heteroatoms. The number of hydrogen-bond donors (Lipinski definition) is 0. The van der Waals surface area contributed by atoms with Gasteiger partial charge in [-0.1, -0.05) is 24.3 Å². The third-order valence-corrected chi connectivity index (χ3v) is 9.17. The van der Waals surface area contributed by atoms with E-state index in [1.54, 1.807) is 11.0 Å². The lowest BCUT2D eigenvalue weighted by atomic mass is 9.92. The van der Waals surface area contributed by atoms with Crippen molar-refractivity contribution in [3.63, 3.8) is 0 Å². The first kappa shape index (κ1) is 23.1. The molecule has 7 nitrogen and oxygen atoms in total. The van der Waals surface area contributed by atoms with Crippen LogP contribution in [0.4, 0.5) is 5.69 Å². The van der Waals surface area contributed by atoms with Crippen LogP contribution in [0.25, 0.3) is 0 Å². The highest BCUT2D eigenvalue weighted by atomic mass is 32.2. The summed E-state index contributed by atoms with van der Waals surface area (Å²) in [5.74, 6) is -1.05. The van der Waals surface area contributed by atoms with Crippen LogP contribution in [0.3, 0.4) is 0 Å². The van der Waals surface area contributed by atoms with Crippen molar-refractivity contribution in [1.82, 2.24) is 4.31 Å². The smallest absolute Gasteiger partial charge is 0.309 e. The Morgan fingerprint density at radius 3 is 2.41 bits per heavy atom. The van der Waals surface area contributed by atoms with Gasteiger partial charge in [0.2, 0.25) is 10.0 Å². The molecule has 1 fully saturated rings. The number of esters is 1. The van der Waals surface area contributed by atoms with Crippen LogP contribution < -0.4 is 4.90 Å². The van der Waals surface area contributed by atoms with E-state index >= 15 is 0 Å². The van der Waals surface area contributed by atoms with Crippen molar-refractivity contribution in [3.8, 4) is 0 Å². The first-order valence-electron chi connectivity index (χ1n) is 12.1. The molecule has 0 aromatic heterocycles. The van der Waals surface area contributed by atoms with Crippen molar-refractivity contribution in [2.24, 2.45) is 5.92 Å². The molecule has 0 radical (unpaired) electrons. The van der Waals surface area contributed by atoms with E-state index in [4.69, 9.17) is 4.74 Å². The number of sulfonamides is 1. The van der Waals surface area contributed by atoms with Gasteiger partial charge in [0.15, 0.2) is 6.61 Å². The topological polar surface area (TPSA) is 84.0 Å². The minimum absolute atomic E-state index is 0.231. The summed E-state index contributed by atoms with van der Waals surface area (Å²) in [5.41, 5.74) is 4.38. The molecule has 1 aliphatic carbocycles. The number of fused-ring (bicyclic) bond motifs is 2. The van der Waals surface area contributed by atoms with E-state index in [0.717, 1.165) is 48.9 Å². The van der Waals surface area contributed by atoms with Crippen molar-refractivity contribution < 1.29 is 22.7 Å². The number of aryl methyl sites for hydroxylation is 2. The van der Waals surface area contributed by atoms with E-state index in [1.165, 1.54) is 9.87 Å². The van der Waals surface area contributed by atoms with Gasteiger partial charge in [-0.15, -0.1) is 0 Å². The van der Waals surface area contributed by atoms with Gasteiger partial charge in [0.1, 0.15) is 0 Å². The summed E-state index contributed by atoms with van der Waals surface area (Å²) in [6.45, 7) is 0.842. The first-order valence-corrected chi connectivity index (χ1v) is 13.5. The van der Waals surface area contributed by atoms with Crippen LogP contribution in [0.5, 0.6) is 0 Å². The Labute approximate surface area is 200 Å². The average Bonchev–Trinajstić information content (AvgIpc) is 3.31. The number of carbonyl (C=O) groups is 2. The van der Waals surface area contributed by atoms with Crippen LogP contribution in [0, 0.1) is 5.92 Å². The van der Waals surface area contributed by atoms with Gasteiger partial charge in [-0.05, 0) is 79.8 Å². The highest BCUT2D eigenvalue weighted by molar-refractivity contribution is 7.89. The zero-order chi connectivity index (χ0) is 23.7. The van der Waals surface area contributed by atoms with E-state index in [1.807, 2.05) is 36.4 Å². The SMILES string of the molecule is O=C(OCC(=O)N1CCc2ccccc21)C1CCN(S(=O)(=O)c2ccc3c(c2)CCCC3)CC1. The van der Waals surface area contributed by atoms with E-state index < -0.39 is 21.9 Å². The molecule has 5 rings (SSSR count). The fourth-order valence-electron chi connectivity index (χ4n) is 5.28. The molecular formula is C26H30N2O5S. The molecule has 3 aliphatic rings. The molecule has 34 heavy (non-hydrogen) atoms. The Morgan fingerprint density at radius 1 is 0.882 bits per heavy atom. The molecule has 0 spiro atoms.